The quantitative estimate of drug-likeness (QED) is 0.561. The maximum atomic E-state index is 10.6. The van der Waals surface area contributed by atoms with Crippen LogP contribution in [0.5, 0.6) is 5.75 Å². The van der Waals surface area contributed by atoms with Crippen LogP contribution in [0.3, 0.4) is 0 Å². The van der Waals surface area contributed by atoms with Gasteiger partial charge in [0.25, 0.3) is 0 Å². The van der Waals surface area contributed by atoms with Crippen molar-refractivity contribution in [1.29, 1.82) is 0 Å². The summed E-state index contributed by atoms with van der Waals surface area (Å²) in [6.07, 6.45) is -0.149. The van der Waals surface area contributed by atoms with E-state index in [-0.39, 0.29) is 12.2 Å². The number of aryl methyl sites for hydroxylation is 1. The molecule has 0 aliphatic carbocycles. The lowest BCUT2D eigenvalue weighted by molar-refractivity contribution is -0.193. The zero-order valence-electron chi connectivity index (χ0n) is 19.3. The Hall–Kier alpha value is -3.40. The number of ether oxygens (including phenoxy) is 2. The Morgan fingerprint density at radius 1 is 1.14 bits per heavy atom. The summed E-state index contributed by atoms with van der Waals surface area (Å²) in [6.45, 7) is 2.60. The van der Waals surface area contributed by atoms with Gasteiger partial charge in [0.05, 0.1) is 12.4 Å². The number of nitrogens with zero attached hydrogens (tertiary/aromatic N) is 4. The van der Waals surface area contributed by atoms with Gasteiger partial charge in [-0.1, -0.05) is 0 Å². The van der Waals surface area contributed by atoms with Crippen LogP contribution < -0.4 is 4.74 Å². The summed E-state index contributed by atoms with van der Waals surface area (Å²) >= 11 is 0. The Kier molecular flexibility index (Phi) is 10.2. The Morgan fingerprint density at radius 2 is 1.76 bits per heavy atom. The van der Waals surface area contributed by atoms with Crippen LogP contribution >= 0.6 is 0 Å². The molecule has 2 aliphatic rings. The van der Waals surface area contributed by atoms with Crippen LogP contribution in [0.2, 0.25) is 0 Å². The highest BCUT2D eigenvalue weighted by atomic mass is 19.4. The Morgan fingerprint density at radius 3 is 2.24 bits per heavy atom. The van der Waals surface area contributed by atoms with Crippen molar-refractivity contribution in [2.45, 2.75) is 50.0 Å². The molecule has 0 spiro atoms. The highest BCUT2D eigenvalue weighted by Crippen LogP contribution is 2.32. The van der Waals surface area contributed by atoms with Gasteiger partial charge in [-0.25, -0.2) is 9.59 Å². The van der Waals surface area contributed by atoms with Crippen LogP contribution in [-0.2, 0) is 27.9 Å². The molecule has 206 valence electrons. The number of carboxylic acids is 2. The third-order valence-electron chi connectivity index (χ3n) is 5.13. The minimum Gasteiger partial charge on any atom is -0.485 e. The van der Waals surface area contributed by atoms with Gasteiger partial charge in [-0.3, -0.25) is 14.6 Å². The van der Waals surface area contributed by atoms with Gasteiger partial charge >= 0.3 is 24.3 Å². The predicted molar refractivity (Wildman–Crippen MR) is 112 cm³/mol. The number of pyridine rings is 1. The second-order valence-corrected chi connectivity index (χ2v) is 7.95. The number of aliphatic carboxylic acids is 2. The van der Waals surface area contributed by atoms with Crippen molar-refractivity contribution in [3.8, 4) is 5.75 Å². The molecule has 2 aromatic rings. The van der Waals surface area contributed by atoms with Gasteiger partial charge in [-0.2, -0.15) is 31.4 Å². The number of alkyl halides is 6. The minimum atomic E-state index is -5.08. The molecule has 2 aliphatic heterocycles. The molecule has 2 saturated heterocycles. The van der Waals surface area contributed by atoms with E-state index in [1.54, 1.807) is 12.4 Å². The average molecular weight is 542 g/mol. The molecule has 2 N–H and O–H groups in total. The summed E-state index contributed by atoms with van der Waals surface area (Å²) < 4.78 is 77.5. The first kappa shape index (κ1) is 29.8. The molecule has 4 rings (SSSR count). The monoisotopic (exact) mass is 542 g/mol. The Labute approximate surface area is 206 Å². The summed E-state index contributed by atoms with van der Waals surface area (Å²) in [6, 6.07) is 4.27. The van der Waals surface area contributed by atoms with Crippen LogP contribution in [0.15, 0.2) is 36.9 Å². The lowest BCUT2D eigenvalue weighted by Gasteiger charge is -2.32. The van der Waals surface area contributed by atoms with E-state index in [0.29, 0.717) is 6.04 Å². The van der Waals surface area contributed by atoms with Gasteiger partial charge in [0.1, 0.15) is 18.0 Å². The van der Waals surface area contributed by atoms with Gasteiger partial charge in [0.15, 0.2) is 0 Å². The molecule has 0 unspecified atom stereocenters. The number of likely N-dealkylation sites (tertiary alicyclic amines) is 1. The number of carbonyl (C=O) groups is 2. The fourth-order valence-corrected chi connectivity index (χ4v) is 3.67. The number of halogens is 6. The van der Waals surface area contributed by atoms with Crippen molar-refractivity contribution in [2.75, 3.05) is 13.2 Å². The largest absolute Gasteiger partial charge is 0.490 e. The van der Waals surface area contributed by atoms with Gasteiger partial charge < -0.3 is 19.7 Å². The molecule has 0 aromatic carbocycles. The lowest BCUT2D eigenvalue weighted by atomic mass is 10.0. The van der Waals surface area contributed by atoms with Crippen molar-refractivity contribution >= 4 is 11.9 Å². The lowest BCUT2D eigenvalue weighted by Crippen LogP contribution is -2.42. The van der Waals surface area contributed by atoms with Crippen molar-refractivity contribution in [3.63, 3.8) is 0 Å². The molecular formula is C21H24F6N4O6. The standard InChI is InChI=1S/C17H22N4O2.2C2HF3O2/c1-20-10-13(8-19-20)11-21-12-16(17-15(21)5-3-7-22-17)23-14-4-2-6-18-9-14;2*3-2(4,5)1(6)7/h2,4,6,8-10,15-17H,3,5,7,11-12H2,1H3;2*(H,6,7)/t15-,16-,17-;;/m0../s1. The second-order valence-electron chi connectivity index (χ2n) is 7.95. The maximum absolute atomic E-state index is 10.6. The SMILES string of the molecule is Cn1cc(CN2C[C@H](Oc3cccnc3)[C@H]3OCCC[C@@H]32)cn1.O=C(O)C(F)(F)F.O=C(O)C(F)(F)F. The first-order valence-electron chi connectivity index (χ1n) is 10.7. The predicted octanol–water partition coefficient (Wildman–Crippen LogP) is 2.89. The van der Waals surface area contributed by atoms with E-state index in [4.69, 9.17) is 29.3 Å². The molecule has 0 radical (unpaired) electrons. The van der Waals surface area contributed by atoms with Crippen LogP contribution in [0.1, 0.15) is 18.4 Å². The number of hydrogen-bond acceptors (Lipinski definition) is 7. The van der Waals surface area contributed by atoms with Gasteiger partial charge in [-0.15, -0.1) is 0 Å². The molecule has 0 bridgehead atoms. The molecule has 10 nitrogen and oxygen atoms in total. The fraction of sp³-hybridized carbons (Fsp3) is 0.524. The normalized spacial score (nSPS) is 21.5. The van der Waals surface area contributed by atoms with Crippen LogP contribution in [0, 0.1) is 0 Å². The topological polar surface area (TPSA) is 127 Å². The number of hydrogen-bond donors (Lipinski definition) is 2. The molecular weight excluding hydrogens is 518 g/mol. The van der Waals surface area contributed by atoms with Gasteiger partial charge in [0.2, 0.25) is 0 Å². The Balaban J connectivity index is 0.000000286. The second kappa shape index (κ2) is 12.7. The molecule has 2 fully saturated rings. The molecule has 0 amide bonds. The number of aromatic nitrogens is 3. The number of carboxylic acid groups (broad SMARTS) is 2. The van der Waals surface area contributed by atoms with E-state index in [2.05, 4.69) is 21.2 Å². The Bertz CT molecular complexity index is 993. The molecule has 37 heavy (non-hydrogen) atoms. The summed E-state index contributed by atoms with van der Waals surface area (Å²) in [5, 5.41) is 18.5. The first-order chi connectivity index (χ1) is 17.2. The molecule has 0 saturated carbocycles. The highest BCUT2D eigenvalue weighted by Gasteiger charge is 2.45. The minimum absolute atomic E-state index is 0.0566. The van der Waals surface area contributed by atoms with E-state index in [9.17, 15) is 26.3 Å². The van der Waals surface area contributed by atoms with E-state index >= 15 is 0 Å². The van der Waals surface area contributed by atoms with Crippen molar-refractivity contribution in [1.82, 2.24) is 19.7 Å². The zero-order chi connectivity index (χ0) is 27.8. The highest BCUT2D eigenvalue weighted by molar-refractivity contribution is 5.73. The summed E-state index contributed by atoms with van der Waals surface area (Å²) in [7, 11) is 1.95. The van der Waals surface area contributed by atoms with E-state index in [1.165, 1.54) is 5.56 Å². The summed E-state index contributed by atoms with van der Waals surface area (Å²) in [5.41, 5.74) is 1.24. The van der Waals surface area contributed by atoms with Crippen LogP contribution in [0.25, 0.3) is 0 Å². The number of rotatable bonds is 4. The van der Waals surface area contributed by atoms with Crippen molar-refractivity contribution < 1.29 is 55.6 Å². The van der Waals surface area contributed by atoms with E-state index in [1.807, 2.05) is 30.1 Å². The molecule has 3 atom stereocenters. The summed E-state index contributed by atoms with van der Waals surface area (Å²) in [5.74, 6) is -4.70. The smallest absolute Gasteiger partial charge is 0.485 e. The summed E-state index contributed by atoms with van der Waals surface area (Å²) in [4.78, 5) is 24.4. The van der Waals surface area contributed by atoms with Crippen LogP contribution in [0.4, 0.5) is 26.3 Å². The number of fused-ring (bicyclic) bond motifs is 1. The maximum Gasteiger partial charge on any atom is 0.490 e. The van der Waals surface area contributed by atoms with Gasteiger partial charge in [-0.05, 0) is 25.0 Å². The van der Waals surface area contributed by atoms with Crippen molar-refractivity contribution in [2.24, 2.45) is 7.05 Å². The zero-order valence-corrected chi connectivity index (χ0v) is 19.3. The molecule has 16 heteroatoms. The molecule has 2 aromatic heterocycles. The van der Waals surface area contributed by atoms with Crippen molar-refractivity contribution in [3.05, 3.63) is 42.5 Å². The first-order valence-corrected chi connectivity index (χ1v) is 10.7. The van der Waals surface area contributed by atoms with Crippen LogP contribution in [-0.4, -0.2) is 85.6 Å². The average Bonchev–Trinajstić information content (AvgIpc) is 3.37. The van der Waals surface area contributed by atoms with E-state index in [0.717, 1.165) is 38.3 Å². The third kappa shape index (κ3) is 9.53. The molecule has 4 heterocycles. The third-order valence-corrected chi connectivity index (χ3v) is 5.13. The fourth-order valence-electron chi connectivity index (χ4n) is 3.67. The van der Waals surface area contributed by atoms with E-state index < -0.39 is 24.3 Å². The van der Waals surface area contributed by atoms with Gasteiger partial charge in [0, 0.05) is 50.7 Å².